The van der Waals surface area contributed by atoms with E-state index in [1.165, 1.54) is 23.5 Å². The van der Waals surface area contributed by atoms with Gasteiger partial charge in [-0.3, -0.25) is 14.4 Å². The van der Waals surface area contributed by atoms with Gasteiger partial charge < -0.3 is 0 Å². The molecule has 0 aliphatic heterocycles. The van der Waals surface area contributed by atoms with E-state index in [4.69, 9.17) is 0 Å². The number of halogens is 1. The van der Waals surface area contributed by atoms with E-state index in [2.05, 4.69) is 31.4 Å². The minimum atomic E-state index is -3.98. The van der Waals surface area contributed by atoms with E-state index in [9.17, 15) is 13.2 Å². The molecule has 162 valence electrons. The number of hydrogen-bond acceptors (Lipinski definition) is 6. The molecule has 7 nitrogen and oxygen atoms in total. The maximum absolute atomic E-state index is 13.3. The second-order valence-electron chi connectivity index (χ2n) is 6.63. The van der Waals surface area contributed by atoms with Gasteiger partial charge in [0.15, 0.2) is 0 Å². The molecule has 1 heterocycles. The number of amides is 1. The molecular weight excluding hydrogens is 512 g/mol. The highest BCUT2D eigenvalue weighted by molar-refractivity contribution is 9.10. The fraction of sp³-hybridized carbons (Fsp3) is 0.0455. The standard InChI is InChI=1S/C22H17BrN4O3S2/c23-17-10-7-11-18(14-17)27(32(29,30)19-12-5-2-6-13-19)15-20(28)24-22-26-25-21(31-22)16-8-3-1-4-9-16/h1-14H,15H2,(H,24,26,28). The van der Waals surface area contributed by atoms with Crippen molar-refractivity contribution in [1.29, 1.82) is 0 Å². The van der Waals surface area contributed by atoms with Crippen molar-refractivity contribution < 1.29 is 13.2 Å². The van der Waals surface area contributed by atoms with Crippen molar-refractivity contribution in [2.24, 2.45) is 0 Å². The van der Waals surface area contributed by atoms with Crippen LogP contribution in [0.4, 0.5) is 10.8 Å². The summed E-state index contributed by atoms with van der Waals surface area (Å²) < 4.78 is 28.4. The van der Waals surface area contributed by atoms with Gasteiger partial charge >= 0.3 is 0 Å². The van der Waals surface area contributed by atoms with E-state index in [0.29, 0.717) is 20.3 Å². The van der Waals surface area contributed by atoms with Crippen molar-refractivity contribution in [2.75, 3.05) is 16.2 Å². The molecule has 0 radical (unpaired) electrons. The molecule has 3 aromatic carbocycles. The SMILES string of the molecule is O=C(CN(c1cccc(Br)c1)S(=O)(=O)c1ccccc1)Nc1nnc(-c2ccccc2)s1. The van der Waals surface area contributed by atoms with Gasteiger partial charge in [0.2, 0.25) is 11.0 Å². The highest BCUT2D eigenvalue weighted by Gasteiger charge is 2.27. The van der Waals surface area contributed by atoms with E-state index < -0.39 is 22.5 Å². The summed E-state index contributed by atoms with van der Waals surface area (Å²) in [5.74, 6) is -0.528. The van der Waals surface area contributed by atoms with Gasteiger partial charge in [0.1, 0.15) is 11.6 Å². The Balaban J connectivity index is 1.59. The normalized spacial score (nSPS) is 11.2. The van der Waals surface area contributed by atoms with Crippen molar-refractivity contribution in [1.82, 2.24) is 10.2 Å². The van der Waals surface area contributed by atoms with E-state index in [1.807, 2.05) is 30.3 Å². The van der Waals surface area contributed by atoms with Crippen LogP contribution in [-0.2, 0) is 14.8 Å². The lowest BCUT2D eigenvalue weighted by Crippen LogP contribution is -2.38. The first kappa shape index (κ1) is 22.1. The van der Waals surface area contributed by atoms with Gasteiger partial charge in [-0.05, 0) is 30.3 Å². The molecule has 1 aromatic heterocycles. The lowest BCUT2D eigenvalue weighted by Gasteiger charge is -2.24. The van der Waals surface area contributed by atoms with E-state index in [0.717, 1.165) is 9.87 Å². The summed E-state index contributed by atoms with van der Waals surface area (Å²) in [4.78, 5) is 12.9. The van der Waals surface area contributed by atoms with Crippen LogP contribution in [0.1, 0.15) is 0 Å². The van der Waals surface area contributed by atoms with Crippen molar-refractivity contribution in [3.05, 3.63) is 89.4 Å². The molecule has 0 fully saturated rings. The van der Waals surface area contributed by atoms with Crippen LogP contribution in [0.2, 0.25) is 0 Å². The van der Waals surface area contributed by atoms with Crippen LogP contribution in [0.5, 0.6) is 0 Å². The Hall–Kier alpha value is -3.08. The zero-order valence-electron chi connectivity index (χ0n) is 16.6. The first-order valence-corrected chi connectivity index (χ1v) is 12.5. The Bertz CT molecular complexity index is 1330. The predicted octanol–water partition coefficient (Wildman–Crippen LogP) is 4.80. The molecular formula is C22H17BrN4O3S2. The zero-order chi connectivity index (χ0) is 22.6. The average molecular weight is 529 g/mol. The van der Waals surface area contributed by atoms with Gasteiger partial charge in [-0.1, -0.05) is 81.9 Å². The van der Waals surface area contributed by atoms with Crippen molar-refractivity contribution in [2.45, 2.75) is 4.90 Å². The fourth-order valence-electron chi connectivity index (χ4n) is 2.93. The molecule has 4 rings (SSSR count). The Morgan fingerprint density at radius 3 is 2.31 bits per heavy atom. The topological polar surface area (TPSA) is 92.3 Å². The number of sulfonamides is 1. The molecule has 0 saturated carbocycles. The predicted molar refractivity (Wildman–Crippen MR) is 129 cm³/mol. The summed E-state index contributed by atoms with van der Waals surface area (Å²) in [7, 11) is -3.98. The maximum Gasteiger partial charge on any atom is 0.264 e. The summed E-state index contributed by atoms with van der Waals surface area (Å²) in [6.07, 6.45) is 0. The summed E-state index contributed by atoms with van der Waals surface area (Å²) in [6, 6.07) is 24.2. The summed E-state index contributed by atoms with van der Waals surface area (Å²) >= 11 is 4.57. The molecule has 1 N–H and O–H groups in total. The number of anilines is 2. The number of nitrogens with one attached hydrogen (secondary N) is 1. The molecule has 1 amide bonds. The van der Waals surface area contributed by atoms with Crippen LogP contribution >= 0.6 is 27.3 Å². The van der Waals surface area contributed by atoms with Gasteiger partial charge in [-0.2, -0.15) is 0 Å². The van der Waals surface area contributed by atoms with Crippen molar-refractivity contribution in [3.63, 3.8) is 0 Å². The van der Waals surface area contributed by atoms with Crippen molar-refractivity contribution >= 4 is 54.0 Å². The summed E-state index contributed by atoms with van der Waals surface area (Å²) in [5, 5.41) is 11.7. The van der Waals surface area contributed by atoms with Crippen LogP contribution in [0, 0.1) is 0 Å². The molecule has 0 unspecified atom stereocenters. The molecule has 4 aromatic rings. The molecule has 0 bridgehead atoms. The zero-order valence-corrected chi connectivity index (χ0v) is 19.8. The first-order valence-electron chi connectivity index (χ1n) is 9.45. The van der Waals surface area contributed by atoms with Gasteiger partial charge in [-0.25, -0.2) is 8.42 Å². The van der Waals surface area contributed by atoms with E-state index >= 15 is 0 Å². The van der Waals surface area contributed by atoms with Crippen LogP contribution in [0.15, 0.2) is 94.3 Å². The van der Waals surface area contributed by atoms with Crippen LogP contribution in [-0.4, -0.2) is 31.1 Å². The molecule has 0 aliphatic carbocycles. The highest BCUT2D eigenvalue weighted by Crippen LogP contribution is 2.28. The quantitative estimate of drug-likeness (QED) is 0.371. The monoisotopic (exact) mass is 528 g/mol. The Morgan fingerprint density at radius 2 is 1.62 bits per heavy atom. The minimum absolute atomic E-state index is 0.0926. The molecule has 0 aliphatic rings. The smallest absolute Gasteiger partial charge is 0.264 e. The molecule has 0 atom stereocenters. The third-order valence-electron chi connectivity index (χ3n) is 4.41. The average Bonchev–Trinajstić information content (AvgIpc) is 3.27. The molecule has 32 heavy (non-hydrogen) atoms. The van der Waals surface area contributed by atoms with Gasteiger partial charge in [0.25, 0.3) is 10.0 Å². The molecule has 0 saturated heterocycles. The Kier molecular flexibility index (Phi) is 6.63. The second kappa shape index (κ2) is 9.60. The van der Waals surface area contributed by atoms with Gasteiger partial charge in [0.05, 0.1) is 10.6 Å². The summed E-state index contributed by atoms with van der Waals surface area (Å²) in [5.41, 5.74) is 1.24. The highest BCUT2D eigenvalue weighted by atomic mass is 79.9. The van der Waals surface area contributed by atoms with Crippen LogP contribution in [0.25, 0.3) is 10.6 Å². The lowest BCUT2D eigenvalue weighted by atomic mass is 10.2. The number of rotatable bonds is 7. The van der Waals surface area contributed by atoms with Crippen LogP contribution in [0.3, 0.4) is 0 Å². The second-order valence-corrected chi connectivity index (χ2v) is 10.4. The van der Waals surface area contributed by atoms with E-state index in [1.54, 1.807) is 42.5 Å². The number of hydrogen-bond donors (Lipinski definition) is 1. The lowest BCUT2D eigenvalue weighted by molar-refractivity contribution is -0.114. The number of benzene rings is 3. The minimum Gasteiger partial charge on any atom is -0.299 e. The van der Waals surface area contributed by atoms with Crippen molar-refractivity contribution in [3.8, 4) is 10.6 Å². The Morgan fingerprint density at radius 1 is 0.938 bits per heavy atom. The first-order chi connectivity index (χ1) is 15.4. The molecule has 10 heteroatoms. The maximum atomic E-state index is 13.3. The van der Waals surface area contributed by atoms with Crippen LogP contribution < -0.4 is 9.62 Å². The van der Waals surface area contributed by atoms with Gasteiger partial charge in [-0.15, -0.1) is 10.2 Å². The Labute approximate surface area is 197 Å². The third-order valence-corrected chi connectivity index (χ3v) is 7.58. The molecule has 0 spiro atoms. The largest absolute Gasteiger partial charge is 0.299 e. The third kappa shape index (κ3) is 5.04. The number of carbonyl (C=O) groups is 1. The number of nitrogens with zero attached hydrogens (tertiary/aromatic N) is 3. The van der Waals surface area contributed by atoms with Gasteiger partial charge in [0, 0.05) is 10.0 Å². The number of carbonyl (C=O) groups excluding carboxylic acids is 1. The number of aromatic nitrogens is 2. The fourth-order valence-corrected chi connectivity index (χ4v) is 5.51. The van der Waals surface area contributed by atoms with E-state index in [-0.39, 0.29) is 4.90 Å². The summed E-state index contributed by atoms with van der Waals surface area (Å²) in [6.45, 7) is -0.423.